The molecule has 2 N–H and O–H groups in total. The lowest BCUT2D eigenvalue weighted by Gasteiger charge is -2.04. The Labute approximate surface area is 98.8 Å². The summed E-state index contributed by atoms with van der Waals surface area (Å²) in [6.07, 6.45) is 1.60. The van der Waals surface area contributed by atoms with Crippen LogP contribution in [-0.2, 0) is 26.0 Å². The largest absolute Gasteiger partial charge is 0.469 e. The summed E-state index contributed by atoms with van der Waals surface area (Å²) in [5.41, 5.74) is 0. The second-order valence-electron chi connectivity index (χ2n) is 3.22. The van der Waals surface area contributed by atoms with Crippen molar-refractivity contribution in [3.63, 3.8) is 0 Å². The fraction of sp³-hybridized carbons (Fsp3) is 0.625. The van der Waals surface area contributed by atoms with Gasteiger partial charge in [0.15, 0.2) is 0 Å². The van der Waals surface area contributed by atoms with Gasteiger partial charge >= 0.3 is 5.97 Å². The second kappa shape index (κ2) is 6.30. The van der Waals surface area contributed by atoms with Crippen LogP contribution in [0.1, 0.15) is 12.2 Å². The zero-order chi connectivity index (χ0) is 12.7. The summed E-state index contributed by atoms with van der Waals surface area (Å²) in [4.78, 5) is 14.6. The fourth-order valence-corrected chi connectivity index (χ4v) is 2.06. The third kappa shape index (κ3) is 5.41. The summed E-state index contributed by atoms with van der Waals surface area (Å²) >= 11 is 0. The van der Waals surface area contributed by atoms with Crippen LogP contribution in [0.2, 0.25) is 0 Å². The average Bonchev–Trinajstić information content (AvgIpc) is 2.79. The molecule has 0 unspecified atom stereocenters. The Bertz CT molecular complexity index is 442. The Morgan fingerprint density at radius 2 is 2.35 bits per heavy atom. The highest BCUT2D eigenvalue weighted by Gasteiger charge is 2.13. The molecule has 1 aromatic rings. The molecule has 0 atom stereocenters. The van der Waals surface area contributed by atoms with Crippen LogP contribution in [0.25, 0.3) is 0 Å². The minimum absolute atomic E-state index is 0.159. The standard InChI is InChI=1S/C8H14N4O4S/c1-16-8(13)3-5-17(14,15)11-4-2-7-9-6-10-12-7/h6,11H,2-5H2,1H3,(H,9,10,12). The van der Waals surface area contributed by atoms with Gasteiger partial charge in [-0.1, -0.05) is 0 Å². The summed E-state index contributed by atoms with van der Waals surface area (Å²) in [6.45, 7) is 0.207. The number of carbonyl (C=O) groups excluding carboxylic acids is 1. The van der Waals surface area contributed by atoms with Crippen molar-refractivity contribution in [2.24, 2.45) is 0 Å². The first-order chi connectivity index (χ1) is 8.03. The van der Waals surface area contributed by atoms with Gasteiger partial charge in [-0.15, -0.1) is 0 Å². The summed E-state index contributed by atoms with van der Waals surface area (Å²) < 4.78 is 29.5. The first-order valence-electron chi connectivity index (χ1n) is 4.92. The number of nitrogens with one attached hydrogen (secondary N) is 2. The third-order valence-electron chi connectivity index (χ3n) is 1.95. The van der Waals surface area contributed by atoms with Crippen LogP contribution in [0.5, 0.6) is 0 Å². The van der Waals surface area contributed by atoms with Crippen molar-refractivity contribution < 1.29 is 17.9 Å². The molecule has 1 rings (SSSR count). The summed E-state index contributed by atoms with van der Waals surface area (Å²) in [6, 6.07) is 0. The van der Waals surface area contributed by atoms with E-state index < -0.39 is 16.0 Å². The molecule has 0 aliphatic rings. The molecule has 9 heteroatoms. The van der Waals surface area contributed by atoms with Gasteiger partial charge in [0, 0.05) is 13.0 Å². The van der Waals surface area contributed by atoms with Crippen molar-refractivity contribution >= 4 is 16.0 Å². The van der Waals surface area contributed by atoms with E-state index in [1.807, 2.05) is 0 Å². The highest BCUT2D eigenvalue weighted by molar-refractivity contribution is 7.89. The molecule has 1 aromatic heterocycles. The van der Waals surface area contributed by atoms with Gasteiger partial charge in [-0.2, -0.15) is 5.10 Å². The van der Waals surface area contributed by atoms with Crippen molar-refractivity contribution in [3.05, 3.63) is 12.2 Å². The number of esters is 1. The van der Waals surface area contributed by atoms with Crippen LogP contribution in [0.3, 0.4) is 0 Å². The smallest absolute Gasteiger partial charge is 0.306 e. The lowest BCUT2D eigenvalue weighted by atomic mass is 10.4. The summed E-state index contributed by atoms with van der Waals surface area (Å²) in [5.74, 6) is -0.234. The van der Waals surface area contributed by atoms with Crippen LogP contribution in [0.15, 0.2) is 6.33 Å². The van der Waals surface area contributed by atoms with Gasteiger partial charge in [0.1, 0.15) is 12.2 Å². The zero-order valence-electron chi connectivity index (χ0n) is 9.34. The van der Waals surface area contributed by atoms with E-state index >= 15 is 0 Å². The SMILES string of the molecule is COC(=O)CCS(=O)(=O)NCCc1ncn[nH]1. The normalized spacial score (nSPS) is 11.4. The maximum Gasteiger partial charge on any atom is 0.306 e. The van der Waals surface area contributed by atoms with Gasteiger partial charge < -0.3 is 4.74 Å². The average molecular weight is 262 g/mol. The van der Waals surface area contributed by atoms with E-state index in [0.29, 0.717) is 12.2 Å². The lowest BCUT2D eigenvalue weighted by Crippen LogP contribution is -2.29. The third-order valence-corrected chi connectivity index (χ3v) is 3.34. The quantitative estimate of drug-likeness (QED) is 0.598. The predicted molar refractivity (Wildman–Crippen MR) is 58.5 cm³/mol. The van der Waals surface area contributed by atoms with Gasteiger partial charge in [0.2, 0.25) is 10.0 Å². The van der Waals surface area contributed by atoms with Crippen LogP contribution in [-0.4, -0.2) is 49.0 Å². The molecule has 96 valence electrons. The molecule has 0 aromatic carbocycles. The number of H-pyrrole nitrogens is 1. The zero-order valence-corrected chi connectivity index (χ0v) is 10.2. The number of ether oxygens (including phenoxy) is 1. The van der Waals surface area contributed by atoms with E-state index in [1.165, 1.54) is 13.4 Å². The van der Waals surface area contributed by atoms with Gasteiger partial charge in [0.05, 0.1) is 19.3 Å². The maximum absolute atomic E-state index is 11.4. The summed E-state index contributed by atoms with van der Waals surface area (Å²) in [7, 11) is -2.24. The van der Waals surface area contributed by atoms with E-state index in [-0.39, 0.29) is 18.7 Å². The number of carbonyl (C=O) groups is 1. The molecular formula is C8H14N4O4S. The molecule has 0 aliphatic heterocycles. The van der Waals surface area contributed by atoms with Crippen molar-refractivity contribution in [1.29, 1.82) is 0 Å². The van der Waals surface area contributed by atoms with Gasteiger partial charge in [-0.05, 0) is 0 Å². The maximum atomic E-state index is 11.4. The molecule has 1 heterocycles. The Kier molecular flexibility index (Phi) is 5.04. The lowest BCUT2D eigenvalue weighted by molar-refractivity contribution is -0.140. The number of aromatic amines is 1. The van der Waals surface area contributed by atoms with Crippen LogP contribution < -0.4 is 4.72 Å². The van der Waals surface area contributed by atoms with E-state index in [2.05, 4.69) is 24.6 Å². The molecule has 17 heavy (non-hydrogen) atoms. The molecule has 0 saturated carbocycles. The first kappa shape index (κ1) is 13.6. The molecule has 0 saturated heterocycles. The Balaban J connectivity index is 2.27. The molecule has 0 fully saturated rings. The Hall–Kier alpha value is -1.48. The van der Waals surface area contributed by atoms with Crippen molar-refractivity contribution in [1.82, 2.24) is 19.9 Å². The van der Waals surface area contributed by atoms with E-state index in [4.69, 9.17) is 0 Å². The van der Waals surface area contributed by atoms with Crippen molar-refractivity contribution in [2.75, 3.05) is 19.4 Å². The van der Waals surface area contributed by atoms with Crippen molar-refractivity contribution in [2.45, 2.75) is 12.8 Å². The summed E-state index contributed by atoms with van der Waals surface area (Å²) in [5, 5.41) is 6.25. The minimum atomic E-state index is -3.45. The van der Waals surface area contributed by atoms with Gasteiger partial charge in [0.25, 0.3) is 0 Å². The number of methoxy groups -OCH3 is 1. The Morgan fingerprint density at radius 3 is 2.94 bits per heavy atom. The van der Waals surface area contributed by atoms with E-state index in [9.17, 15) is 13.2 Å². The van der Waals surface area contributed by atoms with Gasteiger partial charge in [-0.3, -0.25) is 9.89 Å². The molecular weight excluding hydrogens is 248 g/mol. The number of aromatic nitrogens is 3. The molecule has 0 bridgehead atoms. The van der Waals surface area contributed by atoms with Crippen LogP contribution in [0, 0.1) is 0 Å². The molecule has 0 aliphatic carbocycles. The Morgan fingerprint density at radius 1 is 1.59 bits per heavy atom. The van der Waals surface area contributed by atoms with Crippen molar-refractivity contribution in [3.8, 4) is 0 Å². The number of hydrogen-bond acceptors (Lipinski definition) is 6. The molecule has 8 nitrogen and oxygen atoms in total. The number of hydrogen-bond donors (Lipinski definition) is 2. The van der Waals surface area contributed by atoms with Gasteiger partial charge in [-0.25, -0.2) is 18.1 Å². The number of rotatable bonds is 7. The van der Waals surface area contributed by atoms with E-state index in [1.54, 1.807) is 0 Å². The van der Waals surface area contributed by atoms with E-state index in [0.717, 1.165) is 0 Å². The first-order valence-corrected chi connectivity index (χ1v) is 6.57. The van der Waals surface area contributed by atoms with Crippen LogP contribution >= 0.6 is 0 Å². The fourth-order valence-electron chi connectivity index (χ4n) is 1.07. The number of nitrogens with zero attached hydrogens (tertiary/aromatic N) is 2. The molecule has 0 radical (unpaired) electrons. The molecule has 0 amide bonds. The highest BCUT2D eigenvalue weighted by atomic mass is 32.2. The monoisotopic (exact) mass is 262 g/mol. The second-order valence-corrected chi connectivity index (χ2v) is 5.15. The topological polar surface area (TPSA) is 114 Å². The highest BCUT2D eigenvalue weighted by Crippen LogP contribution is 1.93. The van der Waals surface area contributed by atoms with Crippen LogP contribution in [0.4, 0.5) is 0 Å². The predicted octanol–water partition coefficient (Wildman–Crippen LogP) is -1.17. The minimum Gasteiger partial charge on any atom is -0.469 e. The molecule has 0 spiro atoms. The number of sulfonamides is 1.